The molecule has 168 valence electrons. The minimum atomic E-state index is -0.690. The third-order valence-corrected chi connectivity index (χ3v) is 5.47. The van der Waals surface area contributed by atoms with Crippen LogP contribution in [0.3, 0.4) is 0 Å². The highest BCUT2D eigenvalue weighted by molar-refractivity contribution is 6.08. The van der Waals surface area contributed by atoms with Crippen molar-refractivity contribution in [2.24, 2.45) is 5.73 Å². The number of hydrogen-bond donors (Lipinski definition) is 1. The number of nitrogens with zero attached hydrogens (tertiary/aromatic N) is 3. The largest absolute Gasteiger partial charge is 0.369 e. The Kier molecular flexibility index (Phi) is 5.83. The lowest BCUT2D eigenvalue weighted by atomic mass is 10.0. The highest BCUT2D eigenvalue weighted by Crippen LogP contribution is 2.34. The number of primary amides is 1. The van der Waals surface area contributed by atoms with Gasteiger partial charge in [-0.1, -0.05) is 34.6 Å². The molecular weight excluding hydrogens is 420 g/mol. The molecule has 0 saturated carbocycles. The zero-order chi connectivity index (χ0) is 23.7. The molecule has 0 aliphatic rings. The molecule has 4 aromatic rings. The quantitative estimate of drug-likeness (QED) is 0.428. The standard InChI is InChI=1S/C25H24N4O4/c1-14-24(16(3)32-27-14)18-5-9-20(10-6-18)29(23(31)13-22(26)30)21-11-7-19(8-12-21)25-15(2)28-33-17(25)4/h5-12H,13H2,1-4H3,(H2,26,30). The molecule has 0 aliphatic carbocycles. The van der Waals surface area contributed by atoms with E-state index < -0.39 is 18.2 Å². The lowest BCUT2D eigenvalue weighted by Gasteiger charge is -2.23. The van der Waals surface area contributed by atoms with E-state index >= 15 is 0 Å². The number of rotatable bonds is 6. The molecule has 0 atom stereocenters. The van der Waals surface area contributed by atoms with Crippen molar-refractivity contribution in [3.05, 3.63) is 71.4 Å². The molecule has 2 heterocycles. The van der Waals surface area contributed by atoms with Gasteiger partial charge in [-0.2, -0.15) is 0 Å². The Morgan fingerprint density at radius 3 is 1.45 bits per heavy atom. The van der Waals surface area contributed by atoms with Gasteiger partial charge in [-0.05, 0) is 63.1 Å². The second-order valence-electron chi connectivity index (χ2n) is 7.86. The summed E-state index contributed by atoms with van der Waals surface area (Å²) in [6.45, 7) is 7.46. The number of carbonyl (C=O) groups is 2. The summed E-state index contributed by atoms with van der Waals surface area (Å²) < 4.78 is 10.5. The van der Waals surface area contributed by atoms with Crippen LogP contribution in [-0.4, -0.2) is 22.1 Å². The fourth-order valence-electron chi connectivity index (χ4n) is 4.01. The summed E-state index contributed by atoms with van der Waals surface area (Å²) in [7, 11) is 0. The first-order chi connectivity index (χ1) is 15.8. The van der Waals surface area contributed by atoms with Crippen LogP contribution in [0.4, 0.5) is 11.4 Å². The van der Waals surface area contributed by atoms with E-state index in [1.54, 1.807) is 0 Å². The van der Waals surface area contributed by atoms with Crippen LogP contribution < -0.4 is 10.6 Å². The van der Waals surface area contributed by atoms with Gasteiger partial charge in [0.15, 0.2) is 0 Å². The predicted octanol–water partition coefficient (Wildman–Crippen LogP) is 4.77. The average Bonchev–Trinajstić information content (AvgIpc) is 3.29. The van der Waals surface area contributed by atoms with Crippen molar-refractivity contribution in [3.8, 4) is 22.3 Å². The first kappa shape index (κ1) is 22.0. The number of nitrogens with two attached hydrogens (primary N) is 1. The normalized spacial score (nSPS) is 10.9. The third-order valence-electron chi connectivity index (χ3n) is 5.47. The van der Waals surface area contributed by atoms with Crippen LogP contribution in [0.25, 0.3) is 22.3 Å². The number of carbonyl (C=O) groups excluding carboxylic acids is 2. The van der Waals surface area contributed by atoms with E-state index in [-0.39, 0.29) is 0 Å². The topological polar surface area (TPSA) is 115 Å². The second kappa shape index (κ2) is 8.74. The Morgan fingerprint density at radius 2 is 1.15 bits per heavy atom. The van der Waals surface area contributed by atoms with Crippen LogP contribution in [-0.2, 0) is 9.59 Å². The molecule has 2 aromatic carbocycles. The van der Waals surface area contributed by atoms with E-state index in [1.165, 1.54) is 4.90 Å². The van der Waals surface area contributed by atoms with Gasteiger partial charge in [0.2, 0.25) is 11.8 Å². The predicted molar refractivity (Wildman–Crippen MR) is 124 cm³/mol. The number of benzene rings is 2. The van der Waals surface area contributed by atoms with Crippen LogP contribution in [0.15, 0.2) is 57.6 Å². The van der Waals surface area contributed by atoms with Crippen LogP contribution in [0.5, 0.6) is 0 Å². The van der Waals surface area contributed by atoms with Gasteiger partial charge in [-0.15, -0.1) is 0 Å². The van der Waals surface area contributed by atoms with Crippen LogP contribution >= 0.6 is 0 Å². The van der Waals surface area contributed by atoms with Gasteiger partial charge in [-0.25, -0.2) is 0 Å². The lowest BCUT2D eigenvalue weighted by molar-refractivity contribution is -0.125. The Bertz CT molecular complexity index is 1190. The number of amides is 2. The molecule has 0 bridgehead atoms. The van der Waals surface area contributed by atoms with E-state index in [4.69, 9.17) is 14.8 Å². The zero-order valence-electron chi connectivity index (χ0n) is 18.9. The van der Waals surface area contributed by atoms with Crippen molar-refractivity contribution in [1.29, 1.82) is 0 Å². The summed E-state index contributed by atoms with van der Waals surface area (Å²) in [5.41, 5.74) is 11.8. The maximum absolute atomic E-state index is 13.0. The Balaban J connectivity index is 1.71. The van der Waals surface area contributed by atoms with Gasteiger partial charge in [0.05, 0.1) is 11.4 Å². The number of aromatic nitrogens is 2. The molecule has 33 heavy (non-hydrogen) atoms. The lowest BCUT2D eigenvalue weighted by Crippen LogP contribution is -2.30. The fraction of sp³-hybridized carbons (Fsp3) is 0.200. The first-order valence-electron chi connectivity index (χ1n) is 10.4. The van der Waals surface area contributed by atoms with E-state index in [0.29, 0.717) is 11.4 Å². The molecule has 2 amide bonds. The highest BCUT2D eigenvalue weighted by Gasteiger charge is 2.21. The Hall–Kier alpha value is -4.20. The van der Waals surface area contributed by atoms with Crippen molar-refractivity contribution in [2.75, 3.05) is 4.90 Å². The number of aryl methyl sites for hydroxylation is 4. The summed E-state index contributed by atoms with van der Waals surface area (Å²) in [4.78, 5) is 25.9. The minimum absolute atomic E-state index is 0.406. The smallest absolute Gasteiger partial charge is 0.240 e. The SMILES string of the molecule is Cc1noc(C)c1-c1ccc(N(C(=O)CC(N)=O)c2ccc(-c3c(C)noc3C)cc2)cc1. The summed E-state index contributed by atoms with van der Waals surface area (Å²) in [5.74, 6) is 0.330. The van der Waals surface area contributed by atoms with Gasteiger partial charge < -0.3 is 14.8 Å². The van der Waals surface area contributed by atoms with Crippen LogP contribution in [0.2, 0.25) is 0 Å². The summed E-state index contributed by atoms with van der Waals surface area (Å²) in [5, 5.41) is 8.00. The van der Waals surface area contributed by atoms with Gasteiger partial charge in [0.25, 0.3) is 0 Å². The summed E-state index contributed by atoms with van der Waals surface area (Å²) in [6.07, 6.45) is -0.406. The van der Waals surface area contributed by atoms with Crippen molar-refractivity contribution in [2.45, 2.75) is 34.1 Å². The van der Waals surface area contributed by atoms with E-state index in [2.05, 4.69) is 10.3 Å². The van der Waals surface area contributed by atoms with E-state index in [1.807, 2.05) is 76.2 Å². The monoisotopic (exact) mass is 444 g/mol. The van der Waals surface area contributed by atoms with Gasteiger partial charge >= 0.3 is 0 Å². The molecule has 2 aromatic heterocycles. The van der Waals surface area contributed by atoms with Gasteiger partial charge in [0.1, 0.15) is 17.9 Å². The van der Waals surface area contributed by atoms with Crippen molar-refractivity contribution < 1.29 is 18.6 Å². The summed E-state index contributed by atoms with van der Waals surface area (Å²) in [6, 6.07) is 14.9. The molecule has 0 saturated heterocycles. The van der Waals surface area contributed by atoms with Crippen molar-refractivity contribution in [1.82, 2.24) is 10.3 Å². The molecule has 0 unspecified atom stereocenters. The average molecular weight is 444 g/mol. The molecule has 0 fully saturated rings. The molecule has 0 spiro atoms. The highest BCUT2D eigenvalue weighted by atomic mass is 16.5. The van der Waals surface area contributed by atoms with Crippen LogP contribution in [0.1, 0.15) is 29.3 Å². The summed E-state index contributed by atoms with van der Waals surface area (Å²) >= 11 is 0. The molecule has 8 nitrogen and oxygen atoms in total. The number of anilines is 2. The Labute approximate surface area is 191 Å². The minimum Gasteiger partial charge on any atom is -0.369 e. The van der Waals surface area contributed by atoms with E-state index in [9.17, 15) is 9.59 Å². The van der Waals surface area contributed by atoms with Gasteiger partial charge in [-0.3, -0.25) is 14.5 Å². The molecule has 0 aliphatic heterocycles. The first-order valence-corrected chi connectivity index (χ1v) is 10.4. The molecule has 0 radical (unpaired) electrons. The molecular formula is C25H24N4O4. The maximum Gasteiger partial charge on any atom is 0.240 e. The zero-order valence-corrected chi connectivity index (χ0v) is 18.9. The van der Waals surface area contributed by atoms with Crippen molar-refractivity contribution >= 4 is 23.2 Å². The second-order valence-corrected chi connectivity index (χ2v) is 7.86. The van der Waals surface area contributed by atoms with Crippen molar-refractivity contribution in [3.63, 3.8) is 0 Å². The van der Waals surface area contributed by atoms with E-state index in [0.717, 1.165) is 45.2 Å². The molecule has 8 heteroatoms. The fourth-order valence-corrected chi connectivity index (χ4v) is 4.01. The maximum atomic E-state index is 13.0. The Morgan fingerprint density at radius 1 is 0.758 bits per heavy atom. The third kappa shape index (κ3) is 4.27. The molecule has 2 N–H and O–H groups in total. The number of hydrogen-bond acceptors (Lipinski definition) is 6. The molecule has 4 rings (SSSR count). The van der Waals surface area contributed by atoms with Crippen LogP contribution in [0, 0.1) is 27.7 Å². The van der Waals surface area contributed by atoms with Gasteiger partial charge in [0, 0.05) is 22.5 Å².